The summed E-state index contributed by atoms with van der Waals surface area (Å²) >= 11 is 0. The van der Waals surface area contributed by atoms with Crippen LogP contribution in [-0.2, 0) is 9.53 Å². The summed E-state index contributed by atoms with van der Waals surface area (Å²) < 4.78 is 5.50. The zero-order chi connectivity index (χ0) is 11.8. The first-order chi connectivity index (χ1) is 7.51. The van der Waals surface area contributed by atoms with Crippen molar-refractivity contribution in [2.24, 2.45) is 5.41 Å². The maximum atomic E-state index is 11.1. The highest BCUT2D eigenvalue weighted by Gasteiger charge is 2.69. The Morgan fingerprint density at radius 3 is 2.88 bits per heavy atom. The van der Waals surface area contributed by atoms with Crippen molar-refractivity contribution in [1.82, 2.24) is 0 Å². The molecule has 0 aromatic rings. The van der Waals surface area contributed by atoms with E-state index in [1.54, 1.807) is 0 Å². The van der Waals surface area contributed by atoms with Gasteiger partial charge in [0.05, 0.1) is 0 Å². The molecule has 2 aliphatic carbocycles. The third-order valence-electron chi connectivity index (χ3n) is 4.03. The van der Waals surface area contributed by atoms with E-state index in [1.807, 2.05) is 0 Å². The van der Waals surface area contributed by atoms with Crippen LogP contribution in [0, 0.1) is 5.41 Å². The fourth-order valence-electron chi connectivity index (χ4n) is 3.06. The van der Waals surface area contributed by atoms with Gasteiger partial charge in [0, 0.05) is 18.8 Å². The van der Waals surface area contributed by atoms with Gasteiger partial charge < -0.3 is 4.74 Å². The van der Waals surface area contributed by atoms with Gasteiger partial charge in [-0.25, -0.2) is 0 Å². The number of hydrogen-bond donors (Lipinski definition) is 0. The zero-order valence-corrected chi connectivity index (χ0v) is 10.6. The lowest BCUT2D eigenvalue weighted by Crippen LogP contribution is -2.19. The normalized spacial score (nSPS) is 35.6. The Morgan fingerprint density at radius 2 is 2.25 bits per heavy atom. The van der Waals surface area contributed by atoms with Crippen molar-refractivity contribution in [1.29, 1.82) is 0 Å². The standard InChI is InChI=1S/C14H22O2/c1-4-5-6-7-12-8-13(3)10-14(13,9-12)16-11(2)15/h9H,4-8,10H2,1-3H3. The molecule has 2 nitrogen and oxygen atoms in total. The third-order valence-corrected chi connectivity index (χ3v) is 4.03. The van der Waals surface area contributed by atoms with Crippen LogP contribution in [0.25, 0.3) is 0 Å². The van der Waals surface area contributed by atoms with Gasteiger partial charge in [0.25, 0.3) is 0 Å². The van der Waals surface area contributed by atoms with Gasteiger partial charge in [-0.2, -0.15) is 0 Å². The van der Waals surface area contributed by atoms with Crippen molar-refractivity contribution in [3.63, 3.8) is 0 Å². The van der Waals surface area contributed by atoms with E-state index in [-0.39, 0.29) is 17.0 Å². The number of hydrogen-bond acceptors (Lipinski definition) is 2. The van der Waals surface area contributed by atoms with Crippen LogP contribution in [0.1, 0.15) is 59.3 Å². The lowest BCUT2D eigenvalue weighted by Gasteiger charge is -2.13. The van der Waals surface area contributed by atoms with Gasteiger partial charge in [0.15, 0.2) is 0 Å². The van der Waals surface area contributed by atoms with E-state index in [9.17, 15) is 4.79 Å². The summed E-state index contributed by atoms with van der Waals surface area (Å²) in [5.74, 6) is -0.144. The first-order valence-electron chi connectivity index (χ1n) is 6.41. The van der Waals surface area contributed by atoms with Crippen molar-refractivity contribution in [3.8, 4) is 0 Å². The van der Waals surface area contributed by atoms with Crippen molar-refractivity contribution in [2.45, 2.75) is 64.9 Å². The molecule has 0 aromatic heterocycles. The second kappa shape index (κ2) is 3.90. The van der Waals surface area contributed by atoms with Crippen molar-refractivity contribution in [3.05, 3.63) is 11.6 Å². The number of unbranched alkanes of at least 4 members (excludes halogenated alkanes) is 2. The molecule has 0 radical (unpaired) electrons. The number of allylic oxidation sites excluding steroid dienone is 1. The topological polar surface area (TPSA) is 26.3 Å². The number of ether oxygens (including phenoxy) is 1. The molecule has 0 bridgehead atoms. The van der Waals surface area contributed by atoms with Gasteiger partial charge in [0.2, 0.25) is 0 Å². The molecular weight excluding hydrogens is 200 g/mol. The van der Waals surface area contributed by atoms with Gasteiger partial charge in [-0.3, -0.25) is 4.79 Å². The van der Waals surface area contributed by atoms with Crippen LogP contribution in [0.5, 0.6) is 0 Å². The van der Waals surface area contributed by atoms with Crippen molar-refractivity contribution < 1.29 is 9.53 Å². The monoisotopic (exact) mass is 222 g/mol. The number of fused-ring (bicyclic) bond motifs is 1. The fraction of sp³-hybridized carbons (Fsp3) is 0.786. The Bertz CT molecular complexity index is 332. The van der Waals surface area contributed by atoms with E-state index in [0.717, 1.165) is 12.8 Å². The van der Waals surface area contributed by atoms with E-state index in [0.29, 0.717) is 0 Å². The van der Waals surface area contributed by atoms with Gasteiger partial charge >= 0.3 is 5.97 Å². The average molecular weight is 222 g/mol. The minimum absolute atomic E-state index is 0.144. The molecule has 2 heteroatoms. The first-order valence-corrected chi connectivity index (χ1v) is 6.41. The highest BCUT2D eigenvalue weighted by Crippen LogP contribution is 2.67. The fourth-order valence-corrected chi connectivity index (χ4v) is 3.06. The van der Waals surface area contributed by atoms with Gasteiger partial charge in [-0.15, -0.1) is 0 Å². The second-order valence-corrected chi connectivity index (χ2v) is 5.66. The Hall–Kier alpha value is -0.790. The lowest BCUT2D eigenvalue weighted by molar-refractivity contribution is -0.147. The quantitative estimate of drug-likeness (QED) is 0.403. The summed E-state index contributed by atoms with van der Waals surface area (Å²) in [6.07, 6.45) is 9.42. The molecule has 0 amide bonds. The van der Waals surface area contributed by atoms with E-state index < -0.39 is 0 Å². The second-order valence-electron chi connectivity index (χ2n) is 5.66. The van der Waals surface area contributed by atoms with E-state index >= 15 is 0 Å². The average Bonchev–Trinajstić information content (AvgIpc) is 2.58. The molecule has 0 N–H and O–H groups in total. The van der Waals surface area contributed by atoms with Gasteiger partial charge in [-0.1, -0.05) is 32.3 Å². The maximum Gasteiger partial charge on any atom is 0.303 e. The molecule has 0 saturated heterocycles. The van der Waals surface area contributed by atoms with Crippen LogP contribution in [0.4, 0.5) is 0 Å². The number of rotatable bonds is 5. The Labute approximate surface area is 98.1 Å². The minimum atomic E-state index is -0.222. The molecule has 1 fully saturated rings. The Morgan fingerprint density at radius 1 is 1.50 bits per heavy atom. The summed E-state index contributed by atoms with van der Waals surface area (Å²) in [6.45, 7) is 5.97. The molecule has 2 rings (SSSR count). The highest BCUT2D eigenvalue weighted by atomic mass is 16.6. The van der Waals surface area contributed by atoms with Crippen LogP contribution in [0.3, 0.4) is 0 Å². The van der Waals surface area contributed by atoms with Crippen LogP contribution < -0.4 is 0 Å². The molecule has 0 aromatic carbocycles. The van der Waals surface area contributed by atoms with E-state index in [1.165, 1.54) is 38.2 Å². The van der Waals surface area contributed by atoms with Gasteiger partial charge in [-0.05, 0) is 25.3 Å². The predicted octanol–water partition coefficient (Wildman–Crippen LogP) is 3.61. The third kappa shape index (κ3) is 1.90. The summed E-state index contributed by atoms with van der Waals surface area (Å²) in [5, 5.41) is 0. The first kappa shape index (κ1) is 11.7. The number of carbonyl (C=O) groups excluding carboxylic acids is 1. The van der Waals surface area contributed by atoms with E-state index in [2.05, 4.69) is 19.9 Å². The zero-order valence-electron chi connectivity index (χ0n) is 10.6. The molecule has 2 atom stereocenters. The summed E-state index contributed by atoms with van der Waals surface area (Å²) in [6, 6.07) is 0. The molecule has 1 saturated carbocycles. The van der Waals surface area contributed by atoms with Crippen molar-refractivity contribution >= 4 is 5.97 Å². The molecule has 0 spiro atoms. The van der Waals surface area contributed by atoms with E-state index in [4.69, 9.17) is 4.74 Å². The number of esters is 1. The number of carbonyl (C=O) groups is 1. The Kier molecular flexibility index (Phi) is 2.85. The SMILES string of the molecule is CCCCCC1=CC2(OC(C)=O)CC2(C)C1. The predicted molar refractivity (Wildman–Crippen MR) is 64.1 cm³/mol. The molecule has 2 unspecified atom stereocenters. The van der Waals surface area contributed by atoms with Gasteiger partial charge in [0.1, 0.15) is 5.60 Å². The van der Waals surface area contributed by atoms with Crippen molar-refractivity contribution in [2.75, 3.05) is 0 Å². The maximum absolute atomic E-state index is 11.1. The molecule has 16 heavy (non-hydrogen) atoms. The highest BCUT2D eigenvalue weighted by molar-refractivity contribution is 5.68. The lowest BCUT2D eigenvalue weighted by atomic mass is 9.99. The summed E-state index contributed by atoms with van der Waals surface area (Å²) in [7, 11) is 0. The molecule has 90 valence electrons. The van der Waals surface area contributed by atoms with Crippen LogP contribution >= 0.6 is 0 Å². The minimum Gasteiger partial charge on any atom is -0.454 e. The largest absolute Gasteiger partial charge is 0.454 e. The molecule has 0 heterocycles. The Balaban J connectivity index is 1.94. The van der Waals surface area contributed by atoms with Crippen LogP contribution in [0.15, 0.2) is 11.6 Å². The molecule has 2 aliphatic rings. The van der Waals surface area contributed by atoms with Crippen LogP contribution in [-0.4, -0.2) is 11.6 Å². The smallest absolute Gasteiger partial charge is 0.303 e. The summed E-state index contributed by atoms with van der Waals surface area (Å²) in [5.41, 5.74) is 1.50. The molecular formula is C14H22O2. The molecule has 0 aliphatic heterocycles. The van der Waals surface area contributed by atoms with Crippen LogP contribution in [0.2, 0.25) is 0 Å². The summed E-state index contributed by atoms with van der Waals surface area (Å²) in [4.78, 5) is 11.1.